The number of ether oxygens (including phenoxy) is 2. The highest BCUT2D eigenvalue weighted by Gasteiger charge is 2.54. The lowest BCUT2D eigenvalue weighted by molar-refractivity contribution is -0.222. The smallest absolute Gasteiger partial charge is 0.422 e. The van der Waals surface area contributed by atoms with Gasteiger partial charge in [-0.1, -0.05) is 6.07 Å². The van der Waals surface area contributed by atoms with Gasteiger partial charge in [0.15, 0.2) is 0 Å². The van der Waals surface area contributed by atoms with Gasteiger partial charge in [0.2, 0.25) is 12.3 Å². The monoisotopic (exact) mass is 496 g/mol. The standard InChI is InChI=1S/C13H16O2.C5H5F7.C2H2.CH2O.F2/c1-14-12-5-3-4-10-8-13(15-2)7-6-11(10)9-12;1-4(8,9)2(6)3(7)5(10,11)12;3*1-2/h6-9H,3-5H2,1-2H3;2-3H,1H3;1-2H;1H2;. The highest BCUT2D eigenvalue weighted by molar-refractivity contribution is 5.58. The molecule has 1 aliphatic carbocycles. The van der Waals surface area contributed by atoms with Gasteiger partial charge in [-0.25, -0.2) is 17.6 Å². The largest absolute Gasteiger partial charge is 0.501 e. The fraction of sp³-hybridized carbons (Fsp3) is 0.476. The third-order valence-corrected chi connectivity index (χ3v) is 3.85. The quantitative estimate of drug-likeness (QED) is 0.340. The van der Waals surface area contributed by atoms with Crippen LogP contribution in [-0.4, -0.2) is 45.5 Å². The van der Waals surface area contributed by atoms with E-state index in [0.717, 1.165) is 30.8 Å². The predicted octanol–water partition coefficient (Wildman–Crippen LogP) is 6.80. The van der Waals surface area contributed by atoms with Gasteiger partial charge in [-0.2, -0.15) is 13.2 Å². The highest BCUT2D eigenvalue weighted by Crippen LogP contribution is 2.34. The number of benzene rings is 1. The molecule has 0 spiro atoms. The van der Waals surface area contributed by atoms with Crippen LogP contribution in [0.1, 0.15) is 30.9 Å². The summed E-state index contributed by atoms with van der Waals surface area (Å²) in [6.45, 7) is 1.88. The molecule has 1 aromatic carbocycles. The van der Waals surface area contributed by atoms with E-state index in [9.17, 15) is 30.7 Å². The maximum Gasteiger partial charge on any atom is 0.422 e. The van der Waals surface area contributed by atoms with Gasteiger partial charge in [0.25, 0.3) is 5.92 Å². The van der Waals surface area contributed by atoms with Gasteiger partial charge < -0.3 is 14.3 Å². The average Bonchev–Trinajstić information content (AvgIpc) is 3.02. The first-order valence-electron chi connectivity index (χ1n) is 8.80. The van der Waals surface area contributed by atoms with E-state index < -0.39 is 24.4 Å². The number of carbonyl (C=O) groups is 1. The van der Waals surface area contributed by atoms with Crippen LogP contribution in [0, 0.1) is 12.8 Å². The van der Waals surface area contributed by atoms with Crippen molar-refractivity contribution >= 4 is 12.9 Å². The van der Waals surface area contributed by atoms with Crippen LogP contribution < -0.4 is 4.74 Å². The van der Waals surface area contributed by atoms with Crippen molar-refractivity contribution in [3.05, 3.63) is 35.1 Å². The molecule has 0 aromatic heterocycles. The Hall–Kier alpha value is -2.84. The lowest BCUT2D eigenvalue weighted by atomic mass is 10.0. The molecule has 2 atom stereocenters. The molecule has 2 rings (SSSR count). The molecule has 1 aliphatic rings. The predicted molar refractivity (Wildman–Crippen MR) is 107 cm³/mol. The van der Waals surface area contributed by atoms with Gasteiger partial charge in [0, 0.05) is 22.5 Å². The van der Waals surface area contributed by atoms with Crippen molar-refractivity contribution < 1.29 is 54.1 Å². The summed E-state index contributed by atoms with van der Waals surface area (Å²) in [5.74, 6) is -2.32. The Morgan fingerprint density at radius 2 is 1.45 bits per heavy atom. The Morgan fingerprint density at radius 3 is 1.82 bits per heavy atom. The number of aryl methyl sites for hydroxylation is 1. The maximum absolute atomic E-state index is 12.0. The number of alkyl halides is 7. The summed E-state index contributed by atoms with van der Waals surface area (Å²) in [4.78, 5) is 8.00. The van der Waals surface area contributed by atoms with Crippen LogP contribution >= 0.6 is 0 Å². The van der Waals surface area contributed by atoms with Crippen molar-refractivity contribution in [2.24, 2.45) is 0 Å². The molecule has 0 aliphatic heterocycles. The SMILES string of the molecule is C#C.C=O.CC(F)(F)C(F)C(F)C(F)(F)F.COC1=Cc2ccc(OC)cc2CCC1.FF. The zero-order valence-corrected chi connectivity index (χ0v) is 18.1. The molecular formula is C21H25F9O3. The van der Waals surface area contributed by atoms with Crippen LogP contribution in [0.5, 0.6) is 5.75 Å². The Bertz CT molecular complexity index is 680. The van der Waals surface area contributed by atoms with Gasteiger partial charge in [0.05, 0.1) is 20.0 Å². The molecule has 12 heteroatoms. The fourth-order valence-electron chi connectivity index (χ4n) is 2.35. The number of allylic oxidation sites excluding steroid dienone is 1. The third-order valence-electron chi connectivity index (χ3n) is 3.85. The molecule has 1 aromatic rings. The van der Waals surface area contributed by atoms with Gasteiger partial charge in [-0.15, -0.1) is 12.8 Å². The molecular weight excluding hydrogens is 471 g/mol. The third kappa shape index (κ3) is 13.3. The van der Waals surface area contributed by atoms with Crippen LogP contribution in [0.4, 0.5) is 39.9 Å². The van der Waals surface area contributed by atoms with E-state index in [0.29, 0.717) is 0 Å². The number of carbonyl (C=O) groups excluding carboxylic acids is 1. The average molecular weight is 496 g/mol. The Labute approximate surface area is 186 Å². The number of halogens is 9. The van der Waals surface area contributed by atoms with Crippen molar-refractivity contribution in [3.63, 3.8) is 0 Å². The summed E-state index contributed by atoms with van der Waals surface area (Å²) in [6.07, 6.45) is -0.195. The normalized spacial score (nSPS) is 14.1. The minimum Gasteiger partial charge on any atom is -0.501 e. The number of rotatable bonds is 4. The number of methoxy groups -OCH3 is 2. The van der Waals surface area contributed by atoms with Crippen molar-refractivity contribution in [2.45, 2.75) is 50.6 Å². The number of hydrogen-bond donors (Lipinski definition) is 0. The summed E-state index contributed by atoms with van der Waals surface area (Å²) in [6, 6.07) is 6.21. The van der Waals surface area contributed by atoms with Crippen LogP contribution in [0.2, 0.25) is 0 Å². The lowest BCUT2D eigenvalue weighted by Gasteiger charge is -2.21. The second-order valence-corrected chi connectivity index (χ2v) is 6.03. The molecule has 0 saturated heterocycles. The van der Waals surface area contributed by atoms with Crippen molar-refractivity contribution in [1.82, 2.24) is 0 Å². The molecule has 0 fully saturated rings. The minimum atomic E-state index is -5.58. The molecule has 190 valence electrons. The van der Waals surface area contributed by atoms with Gasteiger partial charge in [-0.3, -0.25) is 0 Å². The van der Waals surface area contributed by atoms with Crippen LogP contribution in [0.25, 0.3) is 6.08 Å². The first-order chi connectivity index (χ1) is 15.4. The lowest BCUT2D eigenvalue weighted by Crippen LogP contribution is -2.43. The number of terminal acetylenes is 1. The van der Waals surface area contributed by atoms with Gasteiger partial charge in [0.1, 0.15) is 12.5 Å². The van der Waals surface area contributed by atoms with Crippen LogP contribution in [0.15, 0.2) is 24.0 Å². The van der Waals surface area contributed by atoms with E-state index in [-0.39, 0.29) is 6.92 Å². The van der Waals surface area contributed by atoms with E-state index in [1.165, 1.54) is 11.1 Å². The highest BCUT2D eigenvalue weighted by atomic mass is 20.0. The summed E-state index contributed by atoms with van der Waals surface area (Å²) >= 11 is 0. The van der Waals surface area contributed by atoms with E-state index >= 15 is 0 Å². The molecule has 3 nitrogen and oxygen atoms in total. The van der Waals surface area contributed by atoms with Crippen LogP contribution in [-0.2, 0) is 16.0 Å². The Kier molecular flexibility index (Phi) is 18.6. The maximum atomic E-state index is 12.0. The summed E-state index contributed by atoms with van der Waals surface area (Å²) in [5.41, 5.74) is 2.60. The van der Waals surface area contributed by atoms with Crippen molar-refractivity contribution in [3.8, 4) is 18.6 Å². The van der Waals surface area contributed by atoms with Gasteiger partial charge >= 0.3 is 6.18 Å². The summed E-state index contributed by atoms with van der Waals surface area (Å²) < 4.78 is 108. The molecule has 0 bridgehead atoms. The molecule has 0 heterocycles. The molecule has 33 heavy (non-hydrogen) atoms. The van der Waals surface area contributed by atoms with E-state index in [4.69, 9.17) is 23.4 Å². The van der Waals surface area contributed by atoms with Gasteiger partial charge in [-0.05, 0) is 42.2 Å². The fourth-order valence-corrected chi connectivity index (χ4v) is 2.35. The molecule has 0 saturated carbocycles. The Balaban J connectivity index is -0.000000453. The van der Waals surface area contributed by atoms with E-state index in [1.807, 2.05) is 12.9 Å². The minimum absolute atomic E-state index is 0.115. The zero-order valence-electron chi connectivity index (χ0n) is 18.1. The molecule has 0 radical (unpaired) electrons. The van der Waals surface area contributed by atoms with E-state index in [2.05, 4.69) is 31.1 Å². The first kappa shape index (κ1) is 34.8. The van der Waals surface area contributed by atoms with Crippen LogP contribution in [0.3, 0.4) is 0 Å². The van der Waals surface area contributed by atoms with Crippen molar-refractivity contribution in [2.75, 3.05) is 14.2 Å². The second-order valence-electron chi connectivity index (χ2n) is 6.03. The topological polar surface area (TPSA) is 35.5 Å². The first-order valence-corrected chi connectivity index (χ1v) is 8.80. The molecule has 2 unspecified atom stereocenters. The molecule has 0 amide bonds. The molecule has 0 N–H and O–H groups in total. The van der Waals surface area contributed by atoms with E-state index in [1.54, 1.807) is 14.2 Å². The second kappa shape index (κ2) is 17.7. The number of hydrogen-bond acceptors (Lipinski definition) is 3. The summed E-state index contributed by atoms with van der Waals surface area (Å²) in [5, 5.41) is 0. The Morgan fingerprint density at radius 1 is 0.939 bits per heavy atom. The number of fused-ring (bicyclic) bond motifs is 1. The van der Waals surface area contributed by atoms with Crippen molar-refractivity contribution in [1.29, 1.82) is 0 Å². The zero-order chi connectivity index (χ0) is 26.8. The summed E-state index contributed by atoms with van der Waals surface area (Å²) in [7, 11) is 3.44.